The molecule has 2 unspecified atom stereocenters. The van der Waals surface area contributed by atoms with Crippen molar-refractivity contribution in [1.82, 2.24) is 0 Å². The molecule has 0 aromatic heterocycles. The molecule has 14 rings (SSSR count). The molecule has 6 aliphatic rings. The molecule has 6 aliphatic carbocycles. The highest BCUT2D eigenvalue weighted by Gasteiger charge is 2.58. The zero-order valence-electron chi connectivity index (χ0n) is 42.1. The molecule has 1 nitrogen and oxygen atoms in total. The third kappa shape index (κ3) is 6.56. The Bertz CT molecular complexity index is 3300. The van der Waals surface area contributed by atoms with Gasteiger partial charge in [0, 0.05) is 27.9 Å². The Hall–Kier alpha value is -6.44. The van der Waals surface area contributed by atoms with Crippen molar-refractivity contribution in [3.05, 3.63) is 210 Å². The van der Waals surface area contributed by atoms with Gasteiger partial charge in [-0.25, -0.2) is 0 Å². The first-order valence-corrected chi connectivity index (χ1v) is 27.4. The van der Waals surface area contributed by atoms with Crippen LogP contribution in [-0.4, -0.2) is 0 Å². The summed E-state index contributed by atoms with van der Waals surface area (Å²) in [7, 11) is 0. The van der Waals surface area contributed by atoms with E-state index in [0.717, 1.165) is 23.7 Å². The highest BCUT2D eigenvalue weighted by Crippen LogP contribution is 2.66. The first-order valence-electron chi connectivity index (χ1n) is 27.4. The maximum Gasteiger partial charge on any atom is 0.0465 e. The smallest absolute Gasteiger partial charge is 0.0465 e. The van der Waals surface area contributed by atoms with Crippen molar-refractivity contribution in [3.8, 4) is 55.6 Å². The Morgan fingerprint density at radius 1 is 0.310 bits per heavy atom. The van der Waals surface area contributed by atoms with E-state index in [4.69, 9.17) is 0 Å². The molecule has 0 heterocycles. The van der Waals surface area contributed by atoms with Crippen LogP contribution in [0.1, 0.15) is 101 Å². The molecule has 71 heavy (non-hydrogen) atoms. The topological polar surface area (TPSA) is 3.24 Å². The first kappa shape index (κ1) is 43.4. The second-order valence-electron chi connectivity index (χ2n) is 23.7. The minimum absolute atomic E-state index is 0.0320. The normalized spacial score (nSPS) is 28.5. The lowest BCUT2D eigenvalue weighted by Crippen LogP contribution is -2.49. The third-order valence-electron chi connectivity index (χ3n) is 19.7. The molecular formula is C70H67N. The Labute approximate surface area is 423 Å². The predicted octanol–water partition coefficient (Wildman–Crippen LogP) is 18.9. The predicted molar refractivity (Wildman–Crippen MR) is 297 cm³/mol. The molecule has 10 atom stereocenters. The summed E-state index contributed by atoms with van der Waals surface area (Å²) in [5.74, 6) is 5.87. The van der Waals surface area contributed by atoms with Crippen LogP contribution in [0.5, 0.6) is 0 Å². The largest absolute Gasteiger partial charge is 0.310 e. The molecule has 0 amide bonds. The number of fused-ring (bicyclic) bond motifs is 16. The van der Waals surface area contributed by atoms with Crippen molar-refractivity contribution in [1.29, 1.82) is 0 Å². The van der Waals surface area contributed by atoms with Crippen LogP contribution in [0.4, 0.5) is 17.1 Å². The molecule has 4 fully saturated rings. The maximum atomic E-state index is 2.62. The number of anilines is 3. The van der Waals surface area contributed by atoms with E-state index < -0.39 is 0 Å². The van der Waals surface area contributed by atoms with Crippen LogP contribution in [0.25, 0.3) is 55.6 Å². The number of benzene rings is 8. The number of hydrogen-bond acceptors (Lipinski definition) is 1. The van der Waals surface area contributed by atoms with Gasteiger partial charge >= 0.3 is 0 Å². The first-order chi connectivity index (χ1) is 34.8. The van der Waals surface area contributed by atoms with Gasteiger partial charge in [0.05, 0.1) is 0 Å². The van der Waals surface area contributed by atoms with Gasteiger partial charge in [-0.05, 0) is 219 Å². The van der Waals surface area contributed by atoms with Crippen LogP contribution in [0.3, 0.4) is 0 Å². The van der Waals surface area contributed by atoms with Gasteiger partial charge in [0.15, 0.2) is 0 Å². The van der Waals surface area contributed by atoms with E-state index in [2.05, 4.69) is 221 Å². The summed E-state index contributed by atoms with van der Waals surface area (Å²) < 4.78 is 0. The molecule has 2 spiro atoms. The fraction of sp³-hybridized carbons (Fsp3) is 0.314. The maximum absolute atomic E-state index is 2.62. The summed E-state index contributed by atoms with van der Waals surface area (Å²) in [6.45, 7) is 10.2. The number of rotatable bonds is 6. The summed E-state index contributed by atoms with van der Waals surface area (Å²) in [6.07, 6.45) is 10.8. The molecule has 4 bridgehead atoms. The highest BCUT2D eigenvalue weighted by atomic mass is 15.1. The molecule has 8 aromatic carbocycles. The summed E-state index contributed by atoms with van der Waals surface area (Å²) in [4.78, 5) is 2.51. The minimum atomic E-state index is 0.0320. The third-order valence-corrected chi connectivity index (χ3v) is 19.7. The Kier molecular flexibility index (Phi) is 10.1. The summed E-state index contributed by atoms with van der Waals surface area (Å²) in [5.41, 5.74) is 23.5. The van der Waals surface area contributed by atoms with Crippen LogP contribution in [-0.2, 0) is 10.8 Å². The van der Waals surface area contributed by atoms with Crippen molar-refractivity contribution in [2.75, 3.05) is 4.90 Å². The van der Waals surface area contributed by atoms with Gasteiger partial charge in [-0.15, -0.1) is 0 Å². The minimum Gasteiger partial charge on any atom is -0.310 e. The Balaban J connectivity index is 0.820. The summed E-state index contributed by atoms with van der Waals surface area (Å²) >= 11 is 0. The van der Waals surface area contributed by atoms with Gasteiger partial charge in [0.25, 0.3) is 0 Å². The lowest BCUT2D eigenvalue weighted by atomic mass is 9.49. The summed E-state index contributed by atoms with van der Waals surface area (Å²) in [5, 5.41) is 0. The monoisotopic (exact) mass is 922 g/mol. The van der Waals surface area contributed by atoms with Gasteiger partial charge in [-0.2, -0.15) is 0 Å². The molecule has 8 aromatic rings. The zero-order chi connectivity index (χ0) is 47.6. The van der Waals surface area contributed by atoms with E-state index >= 15 is 0 Å². The van der Waals surface area contributed by atoms with Gasteiger partial charge in [0.1, 0.15) is 0 Å². The van der Waals surface area contributed by atoms with Crippen LogP contribution in [0.15, 0.2) is 188 Å². The average molecular weight is 922 g/mol. The van der Waals surface area contributed by atoms with Crippen molar-refractivity contribution >= 4 is 17.1 Å². The van der Waals surface area contributed by atoms with Crippen LogP contribution >= 0.6 is 0 Å². The molecular weight excluding hydrogens is 855 g/mol. The van der Waals surface area contributed by atoms with Gasteiger partial charge in [-0.1, -0.05) is 173 Å². The van der Waals surface area contributed by atoms with E-state index in [-0.39, 0.29) is 10.8 Å². The number of nitrogens with zero attached hydrogens (tertiary/aromatic N) is 1. The standard InChI is InChI=1S/C70H67N/c1-44-34-48-38-46(3)69(56(36-44)40-48)65-16-10-8-14-61(65)63-32-26-55(42-67(63)69)54-20-18-51(19-21-54)53-24-29-59(30-25-53)71(58-27-22-52(23-28-58)50-12-6-5-7-13-50)60-31-33-64-62-15-9-11-17-66(62)70(68(64)43-60)47(4)39-49-35-45(2)37-57(70)41-49/h5-33,42-49,56-57H,34-41H2,1-4H3/t44-,45-,46+,47+,48?,49?,56+,57-,69+,70-/m1/s1. The van der Waals surface area contributed by atoms with Crippen LogP contribution in [0.2, 0.25) is 0 Å². The van der Waals surface area contributed by atoms with Gasteiger partial charge in [-0.3, -0.25) is 0 Å². The Morgan fingerprint density at radius 3 is 1.21 bits per heavy atom. The molecule has 4 saturated carbocycles. The Morgan fingerprint density at radius 2 is 0.690 bits per heavy atom. The lowest BCUT2D eigenvalue weighted by Gasteiger charge is -2.54. The molecule has 0 radical (unpaired) electrons. The quantitative estimate of drug-likeness (QED) is 0.161. The fourth-order valence-electron chi connectivity index (χ4n) is 17.3. The lowest BCUT2D eigenvalue weighted by molar-refractivity contribution is 0.0426. The molecule has 0 N–H and O–H groups in total. The second kappa shape index (κ2) is 16.6. The summed E-state index contributed by atoms with van der Waals surface area (Å²) in [6, 6.07) is 72.6. The SMILES string of the molecule is C[C@@H]1CC2C[C@H](C1)[C@]1(c3ccccc3-c3ccc(-c4ccc(-c5ccc(N(c6ccc(-c7ccccc7)cc6)c6ccc7c(c6)[C@@]6(c8ccccc8-7)[C@H]7CC(C[C@@H](C)C7)C[C@@H]6C)cc5)cc4)cc31)[C@@H](C)C2. The van der Waals surface area contributed by atoms with E-state index in [0.29, 0.717) is 23.7 Å². The van der Waals surface area contributed by atoms with Gasteiger partial charge < -0.3 is 4.90 Å². The van der Waals surface area contributed by atoms with Crippen molar-refractivity contribution in [2.45, 2.75) is 89.9 Å². The molecule has 1 heteroatoms. The second-order valence-corrected chi connectivity index (χ2v) is 23.7. The van der Waals surface area contributed by atoms with Crippen LogP contribution < -0.4 is 4.90 Å². The van der Waals surface area contributed by atoms with E-state index in [1.807, 2.05) is 0 Å². The molecule has 0 saturated heterocycles. The highest BCUT2D eigenvalue weighted by molar-refractivity contribution is 5.88. The number of hydrogen-bond donors (Lipinski definition) is 0. The molecule has 352 valence electrons. The van der Waals surface area contributed by atoms with Crippen molar-refractivity contribution < 1.29 is 0 Å². The zero-order valence-corrected chi connectivity index (χ0v) is 42.1. The molecule has 0 aliphatic heterocycles. The van der Waals surface area contributed by atoms with Crippen molar-refractivity contribution in [3.63, 3.8) is 0 Å². The van der Waals surface area contributed by atoms with E-state index in [9.17, 15) is 0 Å². The average Bonchev–Trinajstić information content (AvgIpc) is 3.86. The van der Waals surface area contributed by atoms with Gasteiger partial charge in [0.2, 0.25) is 0 Å². The fourth-order valence-corrected chi connectivity index (χ4v) is 17.3. The van der Waals surface area contributed by atoms with Crippen LogP contribution in [0, 0.1) is 47.3 Å². The van der Waals surface area contributed by atoms with E-state index in [1.54, 1.807) is 22.3 Å². The van der Waals surface area contributed by atoms with Crippen molar-refractivity contribution in [2.24, 2.45) is 47.3 Å². The van der Waals surface area contributed by atoms with E-state index in [1.165, 1.54) is 124 Å².